The van der Waals surface area contributed by atoms with E-state index in [-0.39, 0.29) is 11.9 Å². The zero-order chi connectivity index (χ0) is 15.4. The summed E-state index contributed by atoms with van der Waals surface area (Å²) in [5.74, 6) is 1.42. The average Bonchev–Trinajstić information content (AvgIpc) is 2.80. The Kier molecular flexibility index (Phi) is 4.96. The van der Waals surface area contributed by atoms with E-state index in [1.54, 1.807) is 0 Å². The molecule has 2 N–H and O–H groups in total. The molecular formula is C16H24N4O. The quantitative estimate of drug-likeness (QED) is 0.854. The van der Waals surface area contributed by atoms with Gasteiger partial charge in [0.1, 0.15) is 5.82 Å². The summed E-state index contributed by atoms with van der Waals surface area (Å²) in [5, 5.41) is 6.13. The van der Waals surface area contributed by atoms with Crippen LogP contribution < -0.4 is 10.6 Å². The Morgan fingerprint density at radius 1 is 1.29 bits per heavy atom. The van der Waals surface area contributed by atoms with Crippen LogP contribution in [0.4, 0.5) is 0 Å². The molecular weight excluding hydrogens is 264 g/mol. The van der Waals surface area contributed by atoms with Crippen LogP contribution in [0.1, 0.15) is 32.6 Å². The number of nitrogens with zero attached hydrogens (tertiary/aromatic N) is 2. The van der Waals surface area contributed by atoms with E-state index in [0.717, 1.165) is 16.9 Å². The fraction of sp³-hybridized carbons (Fsp3) is 0.500. The van der Waals surface area contributed by atoms with E-state index >= 15 is 0 Å². The van der Waals surface area contributed by atoms with Gasteiger partial charge in [0.05, 0.1) is 23.6 Å². The number of hydrogen-bond donors (Lipinski definition) is 2. The van der Waals surface area contributed by atoms with Crippen molar-refractivity contribution >= 4 is 16.9 Å². The number of para-hydroxylation sites is 2. The number of carbonyl (C=O) groups is 1. The monoisotopic (exact) mass is 288 g/mol. The Hall–Kier alpha value is -1.88. The number of benzene rings is 1. The third-order valence-corrected chi connectivity index (χ3v) is 3.49. The lowest BCUT2D eigenvalue weighted by atomic mass is 10.2. The molecule has 0 fully saturated rings. The maximum absolute atomic E-state index is 11.7. The van der Waals surface area contributed by atoms with Gasteiger partial charge in [-0.3, -0.25) is 10.1 Å². The van der Waals surface area contributed by atoms with Gasteiger partial charge < -0.3 is 9.88 Å². The Morgan fingerprint density at radius 2 is 2.00 bits per heavy atom. The predicted molar refractivity (Wildman–Crippen MR) is 85.0 cm³/mol. The number of amides is 1. The van der Waals surface area contributed by atoms with Crippen LogP contribution in [-0.2, 0) is 11.8 Å². The van der Waals surface area contributed by atoms with Gasteiger partial charge in [0.2, 0.25) is 5.91 Å². The van der Waals surface area contributed by atoms with Gasteiger partial charge in [-0.25, -0.2) is 4.98 Å². The largest absolute Gasteiger partial charge is 0.355 e. The second kappa shape index (κ2) is 6.72. The molecule has 1 atom stereocenters. The standard InChI is InChI=1S/C16H24N4O/c1-11(2)9-18-15(21)10-17-12(3)16-19-13-7-5-6-8-14(13)20(16)4/h5-8,11-12,17H,9-10H2,1-4H3,(H,18,21). The van der Waals surface area contributed by atoms with Crippen molar-refractivity contribution < 1.29 is 4.79 Å². The summed E-state index contributed by atoms with van der Waals surface area (Å²) >= 11 is 0. The molecule has 0 saturated heterocycles. The first-order valence-corrected chi connectivity index (χ1v) is 7.40. The van der Waals surface area contributed by atoms with Crippen molar-refractivity contribution in [1.82, 2.24) is 20.2 Å². The minimum Gasteiger partial charge on any atom is -0.355 e. The molecule has 0 aliphatic rings. The molecule has 0 spiro atoms. The summed E-state index contributed by atoms with van der Waals surface area (Å²) in [5.41, 5.74) is 2.08. The number of imidazole rings is 1. The van der Waals surface area contributed by atoms with Crippen molar-refractivity contribution in [2.24, 2.45) is 13.0 Å². The highest BCUT2D eigenvalue weighted by Crippen LogP contribution is 2.18. The zero-order valence-corrected chi connectivity index (χ0v) is 13.2. The molecule has 0 radical (unpaired) electrons. The first-order chi connectivity index (χ1) is 9.99. The molecule has 5 heteroatoms. The summed E-state index contributed by atoms with van der Waals surface area (Å²) in [4.78, 5) is 16.4. The molecule has 21 heavy (non-hydrogen) atoms. The smallest absolute Gasteiger partial charge is 0.233 e. The molecule has 0 saturated carbocycles. The summed E-state index contributed by atoms with van der Waals surface area (Å²) in [7, 11) is 2.00. The number of aromatic nitrogens is 2. The summed E-state index contributed by atoms with van der Waals surface area (Å²) < 4.78 is 2.07. The van der Waals surface area contributed by atoms with Gasteiger partial charge in [0, 0.05) is 13.6 Å². The van der Waals surface area contributed by atoms with Crippen LogP contribution in [0, 0.1) is 5.92 Å². The predicted octanol–water partition coefficient (Wildman–Crippen LogP) is 2.00. The first kappa shape index (κ1) is 15.5. The third-order valence-electron chi connectivity index (χ3n) is 3.49. The van der Waals surface area contributed by atoms with Crippen molar-refractivity contribution in [2.75, 3.05) is 13.1 Å². The van der Waals surface area contributed by atoms with E-state index in [9.17, 15) is 4.79 Å². The SMILES string of the molecule is CC(C)CNC(=O)CNC(C)c1nc2ccccc2n1C. The lowest BCUT2D eigenvalue weighted by molar-refractivity contribution is -0.120. The minimum atomic E-state index is 0.0206. The normalized spacial score (nSPS) is 12.8. The molecule has 2 aromatic rings. The van der Waals surface area contributed by atoms with E-state index in [2.05, 4.69) is 34.0 Å². The molecule has 1 aromatic heterocycles. The van der Waals surface area contributed by atoms with Crippen LogP contribution in [0.3, 0.4) is 0 Å². The Labute approximate surface area is 125 Å². The van der Waals surface area contributed by atoms with Crippen molar-refractivity contribution in [3.05, 3.63) is 30.1 Å². The fourth-order valence-electron chi connectivity index (χ4n) is 2.27. The van der Waals surface area contributed by atoms with E-state index in [0.29, 0.717) is 19.0 Å². The average molecular weight is 288 g/mol. The zero-order valence-electron chi connectivity index (χ0n) is 13.2. The van der Waals surface area contributed by atoms with Crippen LogP contribution in [0.25, 0.3) is 11.0 Å². The number of rotatable bonds is 6. The Balaban J connectivity index is 1.97. The van der Waals surface area contributed by atoms with Gasteiger partial charge in [0.25, 0.3) is 0 Å². The lowest BCUT2D eigenvalue weighted by Gasteiger charge is -2.14. The van der Waals surface area contributed by atoms with Gasteiger partial charge in [0.15, 0.2) is 0 Å². The molecule has 1 heterocycles. The number of aryl methyl sites for hydroxylation is 1. The fourth-order valence-corrected chi connectivity index (χ4v) is 2.27. The van der Waals surface area contributed by atoms with Gasteiger partial charge >= 0.3 is 0 Å². The molecule has 1 amide bonds. The Bertz CT molecular complexity index is 618. The van der Waals surface area contributed by atoms with Crippen LogP contribution >= 0.6 is 0 Å². The minimum absolute atomic E-state index is 0.0206. The highest BCUT2D eigenvalue weighted by Gasteiger charge is 2.14. The second-order valence-corrected chi connectivity index (χ2v) is 5.82. The van der Waals surface area contributed by atoms with Gasteiger partial charge in [-0.1, -0.05) is 26.0 Å². The Morgan fingerprint density at radius 3 is 2.67 bits per heavy atom. The molecule has 1 unspecified atom stereocenters. The van der Waals surface area contributed by atoms with Crippen molar-refractivity contribution in [3.63, 3.8) is 0 Å². The number of carbonyl (C=O) groups excluding carboxylic acids is 1. The van der Waals surface area contributed by atoms with Crippen LogP contribution in [0.2, 0.25) is 0 Å². The highest BCUT2D eigenvalue weighted by molar-refractivity contribution is 5.78. The van der Waals surface area contributed by atoms with E-state index in [4.69, 9.17) is 0 Å². The van der Waals surface area contributed by atoms with E-state index in [1.165, 1.54) is 0 Å². The highest BCUT2D eigenvalue weighted by atomic mass is 16.1. The molecule has 2 rings (SSSR count). The topological polar surface area (TPSA) is 59.0 Å². The van der Waals surface area contributed by atoms with Gasteiger partial charge in [-0.15, -0.1) is 0 Å². The molecule has 114 valence electrons. The lowest BCUT2D eigenvalue weighted by Crippen LogP contribution is -2.37. The van der Waals surface area contributed by atoms with Crippen LogP contribution in [-0.4, -0.2) is 28.5 Å². The third kappa shape index (κ3) is 3.82. The second-order valence-electron chi connectivity index (χ2n) is 5.82. The van der Waals surface area contributed by atoms with Crippen molar-refractivity contribution in [3.8, 4) is 0 Å². The van der Waals surface area contributed by atoms with Crippen molar-refractivity contribution in [2.45, 2.75) is 26.8 Å². The first-order valence-electron chi connectivity index (χ1n) is 7.40. The van der Waals surface area contributed by atoms with E-state index < -0.39 is 0 Å². The number of fused-ring (bicyclic) bond motifs is 1. The molecule has 0 bridgehead atoms. The van der Waals surface area contributed by atoms with Crippen LogP contribution in [0.15, 0.2) is 24.3 Å². The molecule has 0 aliphatic carbocycles. The maximum Gasteiger partial charge on any atom is 0.233 e. The van der Waals surface area contributed by atoms with E-state index in [1.807, 2.05) is 38.2 Å². The molecule has 0 aliphatic heterocycles. The summed E-state index contributed by atoms with van der Waals surface area (Å²) in [6.07, 6.45) is 0. The van der Waals surface area contributed by atoms with Crippen molar-refractivity contribution in [1.29, 1.82) is 0 Å². The maximum atomic E-state index is 11.7. The number of nitrogens with one attached hydrogen (secondary N) is 2. The number of hydrogen-bond acceptors (Lipinski definition) is 3. The molecule has 5 nitrogen and oxygen atoms in total. The van der Waals surface area contributed by atoms with Gasteiger partial charge in [-0.05, 0) is 25.0 Å². The summed E-state index contributed by atoms with van der Waals surface area (Å²) in [6.45, 7) is 7.20. The summed E-state index contributed by atoms with van der Waals surface area (Å²) in [6, 6.07) is 8.06. The van der Waals surface area contributed by atoms with Gasteiger partial charge in [-0.2, -0.15) is 0 Å². The van der Waals surface area contributed by atoms with Crippen LogP contribution in [0.5, 0.6) is 0 Å². The molecule has 1 aromatic carbocycles.